The topological polar surface area (TPSA) is 51.6 Å². The van der Waals surface area contributed by atoms with Crippen LogP contribution >= 0.6 is 0 Å². The molecule has 0 radical (unpaired) electrons. The molecule has 0 aliphatic heterocycles. The highest BCUT2D eigenvalue weighted by Gasteiger charge is 2.19. The van der Waals surface area contributed by atoms with E-state index in [2.05, 4.69) is 152 Å². The van der Waals surface area contributed by atoms with Gasteiger partial charge in [-0.15, -0.1) is 0 Å². The minimum atomic E-state index is 0.630. The van der Waals surface area contributed by atoms with Gasteiger partial charge in [-0.2, -0.15) is 0 Å². The third-order valence-electron chi connectivity index (χ3n) is 9.64. The van der Waals surface area contributed by atoms with Gasteiger partial charge in [-0.3, -0.25) is 4.98 Å². The van der Waals surface area contributed by atoms with E-state index in [1.165, 1.54) is 21.7 Å². The van der Waals surface area contributed by atoms with Crippen LogP contribution < -0.4 is 0 Å². The van der Waals surface area contributed by atoms with Crippen molar-refractivity contribution in [3.63, 3.8) is 0 Å². The van der Waals surface area contributed by atoms with Crippen LogP contribution in [0.25, 0.3) is 94.6 Å². The molecule has 9 aromatic rings. The molecule has 2 aromatic heterocycles. The fraction of sp³-hybridized carbons (Fsp3) is 0.0435. The highest BCUT2D eigenvalue weighted by Crippen LogP contribution is 2.37. The van der Waals surface area contributed by atoms with Crippen LogP contribution in [0.1, 0.15) is 18.1 Å². The molecule has 50 heavy (non-hydrogen) atoms. The largest absolute Gasteiger partial charge is 0.256 e. The van der Waals surface area contributed by atoms with Gasteiger partial charge in [0.15, 0.2) is 17.5 Å². The Kier molecular flexibility index (Phi) is 7.21. The molecular formula is C46H32N4. The van der Waals surface area contributed by atoms with Gasteiger partial charge in [0.2, 0.25) is 0 Å². The molecule has 2 heterocycles. The van der Waals surface area contributed by atoms with E-state index in [0.29, 0.717) is 17.5 Å². The SMILES string of the molecule is C/C=C\c1c(C)c(-c2nc(-c3ccc(-c4cnc5ccccc5c4)cc3)nc(-c3cc4ccccc4c4ccccc34)n2)cc2ccccc12. The average Bonchev–Trinajstić information content (AvgIpc) is 3.18. The van der Waals surface area contributed by atoms with Crippen LogP contribution in [0.4, 0.5) is 0 Å². The second-order valence-electron chi connectivity index (χ2n) is 12.7. The third kappa shape index (κ3) is 5.10. The van der Waals surface area contributed by atoms with E-state index >= 15 is 0 Å². The van der Waals surface area contributed by atoms with Gasteiger partial charge in [-0.1, -0.05) is 127 Å². The Morgan fingerprint density at radius 1 is 0.460 bits per heavy atom. The molecule has 0 spiro atoms. The maximum atomic E-state index is 5.26. The average molecular weight is 641 g/mol. The molecule has 9 rings (SSSR count). The summed E-state index contributed by atoms with van der Waals surface area (Å²) < 4.78 is 0. The lowest BCUT2D eigenvalue weighted by Crippen LogP contribution is -2.02. The fourth-order valence-electron chi connectivity index (χ4n) is 7.12. The van der Waals surface area contributed by atoms with Gasteiger partial charge in [-0.25, -0.2) is 15.0 Å². The maximum absolute atomic E-state index is 5.26. The van der Waals surface area contributed by atoms with Gasteiger partial charge in [0.25, 0.3) is 0 Å². The number of fused-ring (bicyclic) bond motifs is 5. The molecule has 0 aliphatic carbocycles. The molecule has 0 bridgehead atoms. The fourth-order valence-corrected chi connectivity index (χ4v) is 7.12. The summed E-state index contributed by atoms with van der Waals surface area (Å²) in [6, 6.07) is 48.8. The number of pyridine rings is 1. The Bertz CT molecular complexity index is 2780. The second-order valence-corrected chi connectivity index (χ2v) is 12.7. The number of hydrogen-bond donors (Lipinski definition) is 0. The van der Waals surface area contributed by atoms with Crippen LogP contribution in [0.5, 0.6) is 0 Å². The van der Waals surface area contributed by atoms with Gasteiger partial charge in [-0.05, 0) is 87.1 Å². The van der Waals surface area contributed by atoms with Crippen LogP contribution in [0.15, 0.2) is 152 Å². The maximum Gasteiger partial charge on any atom is 0.164 e. The van der Waals surface area contributed by atoms with Crippen LogP contribution in [0, 0.1) is 6.92 Å². The summed E-state index contributed by atoms with van der Waals surface area (Å²) in [7, 11) is 0. The first-order valence-corrected chi connectivity index (χ1v) is 16.9. The molecule has 0 saturated carbocycles. The van der Waals surface area contributed by atoms with Crippen molar-refractivity contribution in [3.05, 3.63) is 163 Å². The van der Waals surface area contributed by atoms with Crippen molar-refractivity contribution in [1.82, 2.24) is 19.9 Å². The molecule has 0 unspecified atom stereocenters. The van der Waals surface area contributed by atoms with E-state index in [0.717, 1.165) is 60.4 Å². The highest BCUT2D eigenvalue weighted by molar-refractivity contribution is 6.13. The Morgan fingerprint density at radius 2 is 1.02 bits per heavy atom. The summed E-state index contributed by atoms with van der Waals surface area (Å²) >= 11 is 0. The quantitative estimate of drug-likeness (QED) is 0.176. The van der Waals surface area contributed by atoms with Crippen LogP contribution in [-0.2, 0) is 0 Å². The molecule has 0 saturated heterocycles. The van der Waals surface area contributed by atoms with Gasteiger partial charge in [0.05, 0.1) is 5.52 Å². The minimum Gasteiger partial charge on any atom is -0.256 e. The van der Waals surface area contributed by atoms with Gasteiger partial charge < -0.3 is 0 Å². The standard InChI is InChI=1S/C46H32N4/c1-3-12-36-29(2)41(26-32-13-4-7-16-37(32)36)45-48-44(31-23-21-30(22-24-31)35-25-34-15-6-11-20-43(34)47-28-35)49-46(50-45)42-27-33-14-5-8-17-38(33)39-18-9-10-19-40(39)42/h3-28H,1-2H3/b12-3-. The minimum absolute atomic E-state index is 0.630. The lowest BCUT2D eigenvalue weighted by molar-refractivity contribution is 1.07. The number of para-hydroxylation sites is 1. The van der Waals surface area contributed by atoms with Crippen LogP contribution in [-0.4, -0.2) is 19.9 Å². The Balaban J connectivity index is 1.27. The van der Waals surface area contributed by atoms with Crippen LogP contribution in [0.3, 0.4) is 0 Å². The normalized spacial score (nSPS) is 11.7. The van der Waals surface area contributed by atoms with Crippen molar-refractivity contribution in [2.75, 3.05) is 0 Å². The number of rotatable bonds is 5. The Hall–Kier alpha value is -6.52. The van der Waals surface area contributed by atoms with Gasteiger partial charge in [0, 0.05) is 33.8 Å². The Labute approximate surface area is 290 Å². The van der Waals surface area contributed by atoms with Crippen molar-refractivity contribution >= 4 is 49.3 Å². The van der Waals surface area contributed by atoms with E-state index in [-0.39, 0.29) is 0 Å². The molecular weight excluding hydrogens is 609 g/mol. The molecule has 0 amide bonds. The smallest absolute Gasteiger partial charge is 0.164 e. The molecule has 0 fully saturated rings. The zero-order valence-electron chi connectivity index (χ0n) is 27.8. The van der Waals surface area contributed by atoms with E-state index in [1.807, 2.05) is 24.4 Å². The Morgan fingerprint density at radius 3 is 1.78 bits per heavy atom. The van der Waals surface area contributed by atoms with Crippen molar-refractivity contribution in [2.45, 2.75) is 13.8 Å². The molecule has 0 atom stereocenters. The number of nitrogens with zero attached hydrogens (tertiary/aromatic N) is 4. The van der Waals surface area contributed by atoms with Crippen LogP contribution in [0.2, 0.25) is 0 Å². The van der Waals surface area contributed by atoms with Crippen molar-refractivity contribution < 1.29 is 0 Å². The second kappa shape index (κ2) is 12.2. The monoisotopic (exact) mass is 640 g/mol. The van der Waals surface area contributed by atoms with E-state index in [4.69, 9.17) is 15.0 Å². The number of benzene rings is 7. The predicted molar refractivity (Wildman–Crippen MR) is 209 cm³/mol. The molecule has 7 aromatic carbocycles. The summed E-state index contributed by atoms with van der Waals surface area (Å²) in [5.41, 5.74) is 8.34. The lowest BCUT2D eigenvalue weighted by Gasteiger charge is -2.15. The van der Waals surface area contributed by atoms with E-state index in [1.54, 1.807) is 0 Å². The first-order chi connectivity index (χ1) is 24.6. The summed E-state index contributed by atoms with van der Waals surface area (Å²) in [5.74, 6) is 1.93. The molecule has 236 valence electrons. The summed E-state index contributed by atoms with van der Waals surface area (Å²) in [6.45, 7) is 4.22. The zero-order valence-corrected chi connectivity index (χ0v) is 27.8. The highest BCUT2D eigenvalue weighted by atomic mass is 15.0. The van der Waals surface area contributed by atoms with Gasteiger partial charge >= 0.3 is 0 Å². The number of aromatic nitrogens is 4. The molecule has 4 heteroatoms. The lowest BCUT2D eigenvalue weighted by atomic mass is 9.94. The van der Waals surface area contributed by atoms with E-state index < -0.39 is 0 Å². The first kappa shape index (κ1) is 29.6. The molecule has 0 N–H and O–H groups in total. The van der Waals surface area contributed by atoms with E-state index in [9.17, 15) is 0 Å². The zero-order chi connectivity index (χ0) is 33.6. The van der Waals surface area contributed by atoms with Gasteiger partial charge in [0.1, 0.15) is 0 Å². The molecule has 4 nitrogen and oxygen atoms in total. The summed E-state index contributed by atoms with van der Waals surface area (Å²) in [6.07, 6.45) is 6.21. The van der Waals surface area contributed by atoms with Crippen molar-refractivity contribution in [3.8, 4) is 45.3 Å². The summed E-state index contributed by atoms with van der Waals surface area (Å²) in [5, 5.41) is 8.12. The van der Waals surface area contributed by atoms with Crippen molar-refractivity contribution in [1.29, 1.82) is 0 Å². The number of allylic oxidation sites excluding steroid dienone is 1. The third-order valence-corrected chi connectivity index (χ3v) is 9.64. The molecule has 0 aliphatic rings. The van der Waals surface area contributed by atoms with Crippen molar-refractivity contribution in [2.24, 2.45) is 0 Å². The summed E-state index contributed by atoms with van der Waals surface area (Å²) in [4.78, 5) is 20.3. The first-order valence-electron chi connectivity index (χ1n) is 16.9. The number of hydrogen-bond acceptors (Lipinski definition) is 4. The predicted octanol–water partition coefficient (Wildman–Crippen LogP) is 11.9.